The Morgan fingerprint density at radius 3 is 2.66 bits per heavy atom. The van der Waals surface area contributed by atoms with E-state index >= 15 is 0 Å². The number of fused-ring (bicyclic) bond motifs is 2. The molecule has 9 heteroatoms. The molecule has 1 saturated heterocycles. The number of aromatic nitrogens is 5. The SMILES string of the molecule is CNc1nc(NC2CCC(C(=O)N3CCCC3)CC2)nc2[nH]cc(-c3ccc4ncccc4n3)c12. The molecular weight excluding hydrogens is 440 g/mol. The molecule has 2 aliphatic rings. The fourth-order valence-corrected chi connectivity index (χ4v) is 5.45. The quantitative estimate of drug-likeness (QED) is 0.401. The molecule has 4 aromatic heterocycles. The Morgan fingerprint density at radius 1 is 1.03 bits per heavy atom. The van der Waals surface area contributed by atoms with Crippen molar-refractivity contribution in [1.29, 1.82) is 0 Å². The molecule has 0 aromatic carbocycles. The van der Waals surface area contributed by atoms with Gasteiger partial charge < -0.3 is 20.5 Å². The van der Waals surface area contributed by atoms with Crippen LogP contribution in [0.15, 0.2) is 36.7 Å². The number of hydrogen-bond acceptors (Lipinski definition) is 7. The van der Waals surface area contributed by atoms with Crippen molar-refractivity contribution in [2.24, 2.45) is 5.92 Å². The molecule has 6 rings (SSSR count). The summed E-state index contributed by atoms with van der Waals surface area (Å²) in [7, 11) is 1.87. The van der Waals surface area contributed by atoms with E-state index in [4.69, 9.17) is 15.0 Å². The number of likely N-dealkylation sites (tertiary alicyclic amines) is 1. The summed E-state index contributed by atoms with van der Waals surface area (Å²) in [6.45, 7) is 1.86. The molecule has 1 aliphatic carbocycles. The molecule has 2 fully saturated rings. The van der Waals surface area contributed by atoms with E-state index in [2.05, 4.69) is 25.5 Å². The van der Waals surface area contributed by atoms with E-state index in [-0.39, 0.29) is 12.0 Å². The van der Waals surface area contributed by atoms with Crippen molar-refractivity contribution >= 4 is 39.7 Å². The lowest BCUT2D eigenvalue weighted by Gasteiger charge is -2.30. The van der Waals surface area contributed by atoms with E-state index in [1.165, 1.54) is 0 Å². The fourth-order valence-electron chi connectivity index (χ4n) is 5.45. The van der Waals surface area contributed by atoms with E-state index in [9.17, 15) is 4.79 Å². The second-order valence-electron chi connectivity index (χ2n) is 9.54. The van der Waals surface area contributed by atoms with Crippen LogP contribution < -0.4 is 10.6 Å². The highest BCUT2D eigenvalue weighted by atomic mass is 16.2. The number of pyridine rings is 2. The van der Waals surface area contributed by atoms with Crippen LogP contribution in [0.3, 0.4) is 0 Å². The van der Waals surface area contributed by atoms with Crippen molar-refractivity contribution < 1.29 is 4.79 Å². The minimum absolute atomic E-state index is 0.165. The average molecular weight is 471 g/mol. The van der Waals surface area contributed by atoms with Gasteiger partial charge in [0, 0.05) is 50.1 Å². The van der Waals surface area contributed by atoms with Gasteiger partial charge in [0.05, 0.1) is 22.1 Å². The van der Waals surface area contributed by atoms with Gasteiger partial charge >= 0.3 is 0 Å². The third-order valence-corrected chi connectivity index (χ3v) is 7.33. The molecule has 0 unspecified atom stereocenters. The number of H-pyrrole nitrogens is 1. The van der Waals surface area contributed by atoms with Crippen LogP contribution in [-0.4, -0.2) is 61.9 Å². The van der Waals surface area contributed by atoms with Crippen LogP contribution in [0.2, 0.25) is 0 Å². The number of amides is 1. The van der Waals surface area contributed by atoms with Crippen LogP contribution in [0, 0.1) is 5.92 Å². The largest absolute Gasteiger partial charge is 0.372 e. The number of rotatable bonds is 5. The van der Waals surface area contributed by atoms with E-state index in [0.29, 0.717) is 11.9 Å². The second-order valence-corrected chi connectivity index (χ2v) is 9.54. The van der Waals surface area contributed by atoms with Crippen molar-refractivity contribution in [3.63, 3.8) is 0 Å². The lowest BCUT2D eigenvalue weighted by molar-refractivity contribution is -0.135. The molecule has 5 heterocycles. The smallest absolute Gasteiger partial charge is 0.226 e. The number of anilines is 2. The van der Waals surface area contributed by atoms with Gasteiger partial charge in [-0.3, -0.25) is 9.78 Å². The Hall–Kier alpha value is -3.75. The Labute approximate surface area is 203 Å². The second kappa shape index (κ2) is 9.13. The maximum Gasteiger partial charge on any atom is 0.226 e. The topological polar surface area (TPSA) is 112 Å². The van der Waals surface area contributed by atoms with Gasteiger partial charge in [0.15, 0.2) is 0 Å². The molecule has 1 saturated carbocycles. The van der Waals surface area contributed by atoms with Gasteiger partial charge in [-0.1, -0.05) is 0 Å². The van der Waals surface area contributed by atoms with Crippen LogP contribution >= 0.6 is 0 Å². The first-order chi connectivity index (χ1) is 17.2. The van der Waals surface area contributed by atoms with Gasteiger partial charge in [-0.2, -0.15) is 9.97 Å². The van der Waals surface area contributed by atoms with E-state index in [0.717, 1.165) is 90.8 Å². The predicted octanol–water partition coefficient (Wildman–Crippen LogP) is 4.20. The highest BCUT2D eigenvalue weighted by molar-refractivity contribution is 6.01. The predicted molar refractivity (Wildman–Crippen MR) is 137 cm³/mol. The summed E-state index contributed by atoms with van der Waals surface area (Å²) in [5.41, 5.74) is 4.27. The lowest BCUT2D eigenvalue weighted by atomic mass is 9.85. The molecule has 9 nitrogen and oxygen atoms in total. The Morgan fingerprint density at radius 2 is 1.86 bits per heavy atom. The molecule has 0 bridgehead atoms. The van der Waals surface area contributed by atoms with Crippen LogP contribution in [0.25, 0.3) is 33.3 Å². The molecule has 0 radical (unpaired) electrons. The Bertz CT molecular complexity index is 1370. The zero-order valence-corrected chi connectivity index (χ0v) is 19.9. The van der Waals surface area contributed by atoms with Gasteiger partial charge in [0.1, 0.15) is 11.5 Å². The number of carbonyl (C=O) groups excluding carboxylic acids is 1. The summed E-state index contributed by atoms with van der Waals surface area (Å²) in [5.74, 6) is 1.87. The summed E-state index contributed by atoms with van der Waals surface area (Å²) in [4.78, 5) is 36.8. The minimum Gasteiger partial charge on any atom is -0.372 e. The first-order valence-corrected chi connectivity index (χ1v) is 12.5. The highest BCUT2D eigenvalue weighted by Gasteiger charge is 2.31. The maximum absolute atomic E-state index is 12.7. The van der Waals surface area contributed by atoms with Gasteiger partial charge in [-0.15, -0.1) is 0 Å². The van der Waals surface area contributed by atoms with Gasteiger partial charge in [0.25, 0.3) is 0 Å². The van der Waals surface area contributed by atoms with E-state index < -0.39 is 0 Å². The van der Waals surface area contributed by atoms with Gasteiger partial charge in [0.2, 0.25) is 11.9 Å². The first-order valence-electron chi connectivity index (χ1n) is 12.5. The number of nitrogens with one attached hydrogen (secondary N) is 3. The summed E-state index contributed by atoms with van der Waals surface area (Å²) in [5, 5.41) is 7.66. The van der Waals surface area contributed by atoms with Gasteiger partial charge in [-0.05, 0) is 62.8 Å². The summed E-state index contributed by atoms with van der Waals surface area (Å²) in [6, 6.07) is 8.09. The molecule has 0 spiro atoms. The van der Waals surface area contributed by atoms with Gasteiger partial charge in [-0.25, -0.2) is 4.98 Å². The third-order valence-electron chi connectivity index (χ3n) is 7.33. The molecule has 0 atom stereocenters. The summed E-state index contributed by atoms with van der Waals surface area (Å²) in [6.07, 6.45) is 9.73. The van der Waals surface area contributed by atoms with Crippen molar-refractivity contribution in [2.45, 2.75) is 44.6 Å². The summed E-state index contributed by atoms with van der Waals surface area (Å²) < 4.78 is 0. The maximum atomic E-state index is 12.7. The molecule has 180 valence electrons. The fraction of sp³-hybridized carbons (Fsp3) is 0.423. The van der Waals surface area contributed by atoms with Crippen LogP contribution in [0.5, 0.6) is 0 Å². The highest BCUT2D eigenvalue weighted by Crippen LogP contribution is 2.34. The number of aromatic amines is 1. The molecule has 3 N–H and O–H groups in total. The number of nitrogens with zero attached hydrogens (tertiary/aromatic N) is 5. The van der Waals surface area contributed by atoms with Crippen molar-refractivity contribution in [3.8, 4) is 11.3 Å². The van der Waals surface area contributed by atoms with E-state index in [1.807, 2.05) is 37.5 Å². The zero-order chi connectivity index (χ0) is 23.8. The third kappa shape index (κ3) is 4.15. The Balaban J connectivity index is 1.20. The van der Waals surface area contributed by atoms with Crippen molar-refractivity contribution in [1.82, 2.24) is 29.8 Å². The molecule has 4 aromatic rings. The molecule has 35 heavy (non-hydrogen) atoms. The van der Waals surface area contributed by atoms with Crippen molar-refractivity contribution in [3.05, 3.63) is 36.7 Å². The monoisotopic (exact) mass is 470 g/mol. The first kappa shape index (κ1) is 21.8. The molecule has 1 aliphatic heterocycles. The standard InChI is InChI=1S/C26H30N8O/c1-27-23-22-18(19-10-11-20-21(31-19)5-4-12-28-20)15-29-24(22)33-26(32-23)30-17-8-6-16(7-9-17)25(35)34-13-2-3-14-34/h4-5,10-12,15-17H,2-3,6-9,13-14H2,1H3,(H3,27,29,30,32,33). The minimum atomic E-state index is 0.165. The van der Waals surface area contributed by atoms with E-state index in [1.54, 1.807) is 6.20 Å². The molecule has 1 amide bonds. The lowest BCUT2D eigenvalue weighted by Crippen LogP contribution is -2.37. The van der Waals surface area contributed by atoms with Crippen LogP contribution in [0.1, 0.15) is 38.5 Å². The molecular formula is C26H30N8O. The Kier molecular flexibility index (Phi) is 5.67. The van der Waals surface area contributed by atoms with Crippen LogP contribution in [0.4, 0.5) is 11.8 Å². The normalized spacial score (nSPS) is 20.4. The van der Waals surface area contributed by atoms with Crippen LogP contribution in [-0.2, 0) is 4.79 Å². The number of carbonyl (C=O) groups is 1. The number of hydrogen-bond donors (Lipinski definition) is 3. The average Bonchev–Trinajstić information content (AvgIpc) is 3.59. The van der Waals surface area contributed by atoms with Crippen molar-refractivity contribution in [2.75, 3.05) is 30.8 Å². The summed E-state index contributed by atoms with van der Waals surface area (Å²) >= 11 is 0. The zero-order valence-electron chi connectivity index (χ0n) is 19.9.